The van der Waals surface area contributed by atoms with Crippen molar-refractivity contribution in [3.8, 4) is 0 Å². The lowest BCUT2D eigenvalue weighted by Gasteiger charge is -2.07. The van der Waals surface area contributed by atoms with Gasteiger partial charge < -0.3 is 16.6 Å². The van der Waals surface area contributed by atoms with Gasteiger partial charge in [-0.25, -0.2) is 0 Å². The van der Waals surface area contributed by atoms with E-state index in [0.717, 1.165) is 0 Å². The van der Waals surface area contributed by atoms with Gasteiger partial charge in [0, 0.05) is 6.04 Å². The van der Waals surface area contributed by atoms with Crippen molar-refractivity contribution >= 4 is 5.97 Å². The molecule has 1 unspecified atom stereocenters. The second kappa shape index (κ2) is 4.24. The highest BCUT2D eigenvalue weighted by Crippen LogP contribution is 1.96. The highest BCUT2D eigenvalue weighted by Gasteiger charge is 2.10. The Balaban J connectivity index is 3.40. The maximum atomic E-state index is 10.1. The minimum atomic E-state index is -0.958. The molecule has 0 aromatic rings. The van der Waals surface area contributed by atoms with Gasteiger partial charge in [-0.2, -0.15) is 0 Å². The number of carbonyl (C=O) groups is 1. The highest BCUT2D eigenvalue weighted by molar-refractivity contribution is 5.72. The summed E-state index contributed by atoms with van der Waals surface area (Å²) < 4.78 is 0. The Bertz CT molecular complexity index is 114. The Morgan fingerprint density at radius 1 is 1.50 bits per heavy atom. The Kier molecular flexibility index (Phi) is 3.99. The van der Waals surface area contributed by atoms with Gasteiger partial charge in [0.2, 0.25) is 0 Å². The van der Waals surface area contributed by atoms with Crippen molar-refractivity contribution in [2.45, 2.75) is 31.8 Å². The van der Waals surface area contributed by atoms with Gasteiger partial charge in [-0.15, -0.1) is 0 Å². The van der Waals surface area contributed by atoms with Crippen LogP contribution in [0.3, 0.4) is 0 Å². The Morgan fingerprint density at radius 2 is 2.00 bits per heavy atom. The van der Waals surface area contributed by atoms with Crippen LogP contribution in [0.15, 0.2) is 0 Å². The average Bonchev–Trinajstić information content (AvgIpc) is 1.82. The molecule has 4 heteroatoms. The van der Waals surface area contributed by atoms with E-state index >= 15 is 0 Å². The van der Waals surface area contributed by atoms with Gasteiger partial charge in [0.1, 0.15) is 6.04 Å². The molecule has 0 saturated carbocycles. The van der Waals surface area contributed by atoms with Crippen LogP contribution in [0.4, 0.5) is 0 Å². The summed E-state index contributed by atoms with van der Waals surface area (Å²) in [6, 6.07) is -0.726. The zero-order chi connectivity index (χ0) is 8.15. The molecule has 0 fully saturated rings. The molecule has 4 nitrogen and oxygen atoms in total. The topological polar surface area (TPSA) is 89.3 Å². The molecule has 0 aliphatic rings. The fraction of sp³-hybridized carbons (Fsp3) is 0.833. The molecule has 0 spiro atoms. The van der Waals surface area contributed by atoms with Crippen LogP contribution in [0.5, 0.6) is 0 Å². The van der Waals surface area contributed by atoms with E-state index in [4.69, 9.17) is 16.6 Å². The van der Waals surface area contributed by atoms with Crippen molar-refractivity contribution in [3.63, 3.8) is 0 Å². The number of hydrogen-bond donors (Lipinski definition) is 3. The Labute approximate surface area is 60.2 Å². The summed E-state index contributed by atoms with van der Waals surface area (Å²) in [5.41, 5.74) is 10.6. The molecule has 0 aliphatic heterocycles. The zero-order valence-electron chi connectivity index (χ0n) is 6.08. The van der Waals surface area contributed by atoms with E-state index in [9.17, 15) is 4.79 Å². The molecule has 2 atom stereocenters. The summed E-state index contributed by atoms with van der Waals surface area (Å²) >= 11 is 0. The molecule has 10 heavy (non-hydrogen) atoms. The summed E-state index contributed by atoms with van der Waals surface area (Å²) in [5.74, 6) is -0.958. The predicted molar refractivity (Wildman–Crippen MR) is 38.5 cm³/mol. The van der Waals surface area contributed by atoms with Crippen molar-refractivity contribution in [1.82, 2.24) is 0 Å². The molecule has 0 aromatic carbocycles. The van der Waals surface area contributed by atoms with Gasteiger partial charge in [-0.05, 0) is 19.8 Å². The van der Waals surface area contributed by atoms with E-state index in [2.05, 4.69) is 0 Å². The lowest BCUT2D eigenvalue weighted by atomic mass is 10.1. The van der Waals surface area contributed by atoms with Gasteiger partial charge in [0.15, 0.2) is 0 Å². The van der Waals surface area contributed by atoms with Crippen LogP contribution in [-0.4, -0.2) is 23.2 Å². The third kappa shape index (κ3) is 4.29. The SMILES string of the molecule is CC(N)CC[C@H](N)C(=O)O. The fourth-order valence-corrected chi connectivity index (χ4v) is 0.566. The van der Waals surface area contributed by atoms with Gasteiger partial charge in [-0.1, -0.05) is 0 Å². The summed E-state index contributed by atoms with van der Waals surface area (Å²) in [6.07, 6.45) is 1.11. The van der Waals surface area contributed by atoms with Crippen molar-refractivity contribution < 1.29 is 9.90 Å². The fourth-order valence-electron chi connectivity index (χ4n) is 0.566. The molecule has 0 rings (SSSR count). The molecular formula is C6H14N2O2. The van der Waals surface area contributed by atoms with Crippen LogP contribution in [-0.2, 0) is 4.79 Å². The van der Waals surface area contributed by atoms with Crippen LogP contribution in [0.1, 0.15) is 19.8 Å². The molecule has 60 valence electrons. The normalized spacial score (nSPS) is 16.3. The molecule has 5 N–H and O–H groups in total. The first kappa shape index (κ1) is 9.39. The van der Waals surface area contributed by atoms with Crippen molar-refractivity contribution in [2.75, 3.05) is 0 Å². The molecular weight excluding hydrogens is 132 g/mol. The molecule has 0 amide bonds. The monoisotopic (exact) mass is 146 g/mol. The third-order valence-corrected chi connectivity index (χ3v) is 1.25. The molecule has 0 aliphatic carbocycles. The number of carboxylic acid groups (broad SMARTS) is 1. The predicted octanol–water partition coefficient (Wildman–Crippen LogP) is -0.474. The van der Waals surface area contributed by atoms with Crippen LogP contribution in [0.25, 0.3) is 0 Å². The number of rotatable bonds is 4. The minimum absolute atomic E-state index is 0.0328. The number of nitrogens with two attached hydrogens (primary N) is 2. The largest absolute Gasteiger partial charge is 0.480 e. The van der Waals surface area contributed by atoms with Crippen LogP contribution in [0.2, 0.25) is 0 Å². The average molecular weight is 146 g/mol. The molecule has 0 heterocycles. The molecule has 0 saturated heterocycles. The quantitative estimate of drug-likeness (QED) is 0.500. The first-order valence-electron chi connectivity index (χ1n) is 3.28. The summed E-state index contributed by atoms with van der Waals surface area (Å²) in [7, 11) is 0. The molecule has 0 bridgehead atoms. The smallest absolute Gasteiger partial charge is 0.320 e. The second-order valence-electron chi connectivity index (χ2n) is 2.50. The van der Waals surface area contributed by atoms with Crippen molar-refractivity contribution in [3.05, 3.63) is 0 Å². The highest BCUT2D eigenvalue weighted by atomic mass is 16.4. The van der Waals surface area contributed by atoms with E-state index in [-0.39, 0.29) is 6.04 Å². The number of hydrogen-bond acceptors (Lipinski definition) is 3. The van der Waals surface area contributed by atoms with Gasteiger partial charge in [-0.3, -0.25) is 4.79 Å². The zero-order valence-corrected chi connectivity index (χ0v) is 6.08. The van der Waals surface area contributed by atoms with Crippen LogP contribution in [0, 0.1) is 0 Å². The van der Waals surface area contributed by atoms with E-state index in [0.29, 0.717) is 12.8 Å². The summed E-state index contributed by atoms with van der Waals surface area (Å²) in [6.45, 7) is 1.83. The van der Waals surface area contributed by atoms with E-state index in [1.165, 1.54) is 0 Å². The minimum Gasteiger partial charge on any atom is -0.480 e. The third-order valence-electron chi connectivity index (χ3n) is 1.25. The summed E-state index contributed by atoms with van der Waals surface area (Å²) in [4.78, 5) is 10.1. The van der Waals surface area contributed by atoms with Crippen LogP contribution < -0.4 is 11.5 Å². The molecule has 0 radical (unpaired) electrons. The van der Waals surface area contributed by atoms with Crippen LogP contribution >= 0.6 is 0 Å². The van der Waals surface area contributed by atoms with E-state index in [1.807, 2.05) is 6.92 Å². The van der Waals surface area contributed by atoms with Gasteiger partial charge in [0.25, 0.3) is 0 Å². The van der Waals surface area contributed by atoms with E-state index < -0.39 is 12.0 Å². The number of aliphatic carboxylic acids is 1. The van der Waals surface area contributed by atoms with Gasteiger partial charge in [0.05, 0.1) is 0 Å². The second-order valence-corrected chi connectivity index (χ2v) is 2.50. The lowest BCUT2D eigenvalue weighted by molar-refractivity contribution is -0.138. The molecule has 0 aromatic heterocycles. The van der Waals surface area contributed by atoms with Gasteiger partial charge >= 0.3 is 5.97 Å². The standard InChI is InChI=1S/C6H14N2O2/c1-4(7)2-3-5(8)6(9)10/h4-5H,2-3,7-8H2,1H3,(H,9,10)/t4?,5-/m0/s1. The number of carboxylic acids is 1. The maximum absolute atomic E-state index is 10.1. The first-order valence-corrected chi connectivity index (χ1v) is 3.28. The van der Waals surface area contributed by atoms with Crippen molar-refractivity contribution in [1.29, 1.82) is 0 Å². The summed E-state index contributed by atoms with van der Waals surface area (Å²) in [5, 5.41) is 8.33. The van der Waals surface area contributed by atoms with E-state index in [1.54, 1.807) is 0 Å². The Morgan fingerprint density at radius 3 is 2.30 bits per heavy atom. The maximum Gasteiger partial charge on any atom is 0.320 e. The Hall–Kier alpha value is -0.610. The lowest BCUT2D eigenvalue weighted by Crippen LogP contribution is -2.31. The first-order chi connectivity index (χ1) is 4.54. The van der Waals surface area contributed by atoms with Crippen molar-refractivity contribution in [2.24, 2.45) is 11.5 Å².